The number of allylic oxidation sites excluding steroid dienone is 1. The molecule has 2 aromatic rings. The third-order valence-electron chi connectivity index (χ3n) is 3.45. The highest BCUT2D eigenvalue weighted by Gasteiger charge is 2.15. The van der Waals surface area contributed by atoms with E-state index in [1.54, 1.807) is 6.92 Å². The van der Waals surface area contributed by atoms with Crippen molar-refractivity contribution in [3.63, 3.8) is 0 Å². The third kappa shape index (κ3) is 3.34. The van der Waals surface area contributed by atoms with Crippen LogP contribution in [0.2, 0.25) is 0 Å². The van der Waals surface area contributed by atoms with Crippen molar-refractivity contribution in [1.29, 1.82) is 0 Å². The number of rotatable bonds is 6. The lowest BCUT2D eigenvalue weighted by molar-refractivity contribution is -0.117. The fraction of sp³-hybridized carbons (Fsp3) is 0.222. The predicted octanol–water partition coefficient (Wildman–Crippen LogP) is 3.24. The zero-order chi connectivity index (χ0) is 16.1. The highest BCUT2D eigenvalue weighted by atomic mass is 16.1. The van der Waals surface area contributed by atoms with Crippen molar-refractivity contribution in [3.05, 3.63) is 66.7 Å². The van der Waals surface area contributed by atoms with E-state index in [9.17, 15) is 4.79 Å². The number of hydrogen-bond donors (Lipinski definition) is 1. The molecule has 0 bridgehead atoms. The number of carbonyl (C=O) groups excluding carboxylic acids is 1. The van der Waals surface area contributed by atoms with E-state index in [2.05, 4.69) is 23.0 Å². The number of hydrogen-bond acceptors (Lipinski definition) is 2. The van der Waals surface area contributed by atoms with Crippen LogP contribution in [-0.2, 0) is 17.9 Å². The van der Waals surface area contributed by atoms with E-state index < -0.39 is 0 Å². The molecule has 1 amide bonds. The van der Waals surface area contributed by atoms with Gasteiger partial charge in [-0.3, -0.25) is 4.79 Å². The fourth-order valence-electron chi connectivity index (χ4n) is 2.28. The van der Waals surface area contributed by atoms with Crippen LogP contribution in [0.4, 0.5) is 0 Å². The standard InChI is InChI=1S/C18H21N3O/c1-5-11-21-14(4)17(15-9-7-6-8-10-15)20-16(21)12-19-18(22)13(2)3/h5-10H,1-2,11-12H2,3-4H3,(H,19,22). The topological polar surface area (TPSA) is 46.9 Å². The van der Waals surface area contributed by atoms with Gasteiger partial charge in [0.15, 0.2) is 0 Å². The molecule has 1 aromatic carbocycles. The zero-order valence-electron chi connectivity index (χ0n) is 13.1. The molecule has 0 fully saturated rings. The van der Waals surface area contributed by atoms with Crippen LogP contribution in [0, 0.1) is 6.92 Å². The quantitative estimate of drug-likeness (QED) is 0.657. The second-order valence-corrected chi connectivity index (χ2v) is 5.19. The Kier molecular flexibility index (Phi) is 4.94. The molecule has 0 aliphatic carbocycles. The molecule has 1 aromatic heterocycles. The van der Waals surface area contributed by atoms with E-state index in [-0.39, 0.29) is 5.91 Å². The summed E-state index contributed by atoms with van der Waals surface area (Å²) < 4.78 is 2.06. The fourth-order valence-corrected chi connectivity index (χ4v) is 2.28. The second-order valence-electron chi connectivity index (χ2n) is 5.19. The Morgan fingerprint density at radius 2 is 2.05 bits per heavy atom. The lowest BCUT2D eigenvalue weighted by Crippen LogP contribution is -2.25. The van der Waals surface area contributed by atoms with Crippen molar-refractivity contribution in [1.82, 2.24) is 14.9 Å². The van der Waals surface area contributed by atoms with E-state index in [0.29, 0.717) is 18.7 Å². The van der Waals surface area contributed by atoms with Crippen molar-refractivity contribution in [2.75, 3.05) is 0 Å². The average Bonchev–Trinajstić information content (AvgIpc) is 2.83. The van der Waals surface area contributed by atoms with Crippen molar-refractivity contribution < 1.29 is 4.79 Å². The number of nitrogens with one attached hydrogen (secondary N) is 1. The minimum atomic E-state index is -0.160. The number of benzene rings is 1. The molecule has 114 valence electrons. The van der Waals surface area contributed by atoms with Gasteiger partial charge in [-0.05, 0) is 13.8 Å². The lowest BCUT2D eigenvalue weighted by atomic mass is 10.1. The summed E-state index contributed by atoms with van der Waals surface area (Å²) >= 11 is 0. The van der Waals surface area contributed by atoms with Crippen molar-refractivity contribution in [2.24, 2.45) is 0 Å². The van der Waals surface area contributed by atoms with Crippen LogP contribution < -0.4 is 5.32 Å². The molecule has 22 heavy (non-hydrogen) atoms. The summed E-state index contributed by atoms with van der Waals surface area (Å²) in [6, 6.07) is 10.0. The molecular weight excluding hydrogens is 274 g/mol. The van der Waals surface area contributed by atoms with E-state index in [1.165, 1.54) is 0 Å². The van der Waals surface area contributed by atoms with Gasteiger partial charge in [0, 0.05) is 23.4 Å². The second kappa shape index (κ2) is 6.89. The van der Waals surface area contributed by atoms with Crippen LogP contribution in [0.25, 0.3) is 11.3 Å². The van der Waals surface area contributed by atoms with Crippen LogP contribution in [0.5, 0.6) is 0 Å². The third-order valence-corrected chi connectivity index (χ3v) is 3.45. The highest BCUT2D eigenvalue weighted by Crippen LogP contribution is 2.23. The molecule has 0 spiro atoms. The summed E-state index contributed by atoms with van der Waals surface area (Å²) in [5.74, 6) is 0.651. The van der Waals surface area contributed by atoms with E-state index >= 15 is 0 Å². The number of amides is 1. The summed E-state index contributed by atoms with van der Waals surface area (Å²) in [6.07, 6.45) is 1.83. The minimum Gasteiger partial charge on any atom is -0.345 e. The summed E-state index contributed by atoms with van der Waals surface area (Å²) in [5.41, 5.74) is 3.55. The van der Waals surface area contributed by atoms with Crippen LogP contribution in [0.3, 0.4) is 0 Å². The number of nitrogens with zero attached hydrogens (tertiary/aromatic N) is 2. The van der Waals surface area contributed by atoms with Gasteiger partial charge >= 0.3 is 0 Å². The van der Waals surface area contributed by atoms with Gasteiger partial charge in [0.2, 0.25) is 5.91 Å². The van der Waals surface area contributed by atoms with Gasteiger partial charge in [-0.25, -0.2) is 4.98 Å². The molecule has 4 heteroatoms. The first-order valence-corrected chi connectivity index (χ1v) is 7.20. The van der Waals surface area contributed by atoms with Crippen molar-refractivity contribution in [3.8, 4) is 11.3 Å². The Balaban J connectivity index is 2.34. The monoisotopic (exact) mass is 295 g/mol. The Morgan fingerprint density at radius 1 is 1.36 bits per heavy atom. The molecular formula is C18H21N3O. The zero-order valence-corrected chi connectivity index (χ0v) is 13.1. The number of imidazole rings is 1. The summed E-state index contributed by atoms with van der Waals surface area (Å²) in [5, 5.41) is 2.83. The van der Waals surface area contributed by atoms with E-state index in [1.807, 2.05) is 43.3 Å². The summed E-state index contributed by atoms with van der Waals surface area (Å²) in [7, 11) is 0. The van der Waals surface area contributed by atoms with Crippen LogP contribution in [0.15, 0.2) is 55.1 Å². The Morgan fingerprint density at radius 3 is 2.64 bits per heavy atom. The number of carbonyl (C=O) groups is 1. The maximum atomic E-state index is 11.7. The molecule has 1 N–H and O–H groups in total. The normalized spacial score (nSPS) is 10.3. The molecule has 0 saturated carbocycles. The molecule has 0 saturated heterocycles. The van der Waals surface area contributed by atoms with Crippen LogP contribution in [-0.4, -0.2) is 15.5 Å². The Labute approximate surface area is 131 Å². The van der Waals surface area contributed by atoms with Crippen LogP contribution in [0.1, 0.15) is 18.4 Å². The van der Waals surface area contributed by atoms with Crippen LogP contribution >= 0.6 is 0 Å². The van der Waals surface area contributed by atoms with Crippen molar-refractivity contribution in [2.45, 2.75) is 26.9 Å². The summed E-state index contributed by atoms with van der Waals surface area (Å²) in [4.78, 5) is 16.4. The summed E-state index contributed by atoms with van der Waals surface area (Å²) in [6.45, 7) is 12.2. The first-order chi connectivity index (χ1) is 10.5. The van der Waals surface area contributed by atoms with E-state index in [4.69, 9.17) is 4.98 Å². The SMILES string of the molecule is C=CCn1c(CNC(=O)C(=C)C)nc(-c2ccccc2)c1C. The maximum absolute atomic E-state index is 11.7. The van der Waals surface area contributed by atoms with Gasteiger partial charge in [-0.15, -0.1) is 6.58 Å². The van der Waals surface area contributed by atoms with E-state index in [0.717, 1.165) is 22.8 Å². The Bertz CT molecular complexity index is 699. The molecule has 0 aliphatic rings. The number of aromatic nitrogens is 2. The molecule has 2 rings (SSSR count). The van der Waals surface area contributed by atoms with Gasteiger partial charge in [0.05, 0.1) is 12.2 Å². The molecule has 4 nitrogen and oxygen atoms in total. The van der Waals surface area contributed by atoms with Gasteiger partial charge < -0.3 is 9.88 Å². The Hall–Kier alpha value is -2.62. The maximum Gasteiger partial charge on any atom is 0.246 e. The lowest BCUT2D eigenvalue weighted by Gasteiger charge is -2.08. The first kappa shape index (κ1) is 15.8. The van der Waals surface area contributed by atoms with Gasteiger partial charge in [0.25, 0.3) is 0 Å². The molecule has 1 heterocycles. The van der Waals surface area contributed by atoms with Gasteiger partial charge in [-0.1, -0.05) is 43.0 Å². The minimum absolute atomic E-state index is 0.160. The molecule has 0 unspecified atom stereocenters. The van der Waals surface area contributed by atoms with Gasteiger partial charge in [-0.2, -0.15) is 0 Å². The first-order valence-electron chi connectivity index (χ1n) is 7.20. The molecule has 0 radical (unpaired) electrons. The average molecular weight is 295 g/mol. The predicted molar refractivity (Wildman–Crippen MR) is 89.3 cm³/mol. The highest BCUT2D eigenvalue weighted by molar-refractivity contribution is 5.91. The molecule has 0 aliphatic heterocycles. The smallest absolute Gasteiger partial charge is 0.246 e. The van der Waals surface area contributed by atoms with Gasteiger partial charge in [0.1, 0.15) is 5.82 Å². The molecule has 0 atom stereocenters. The largest absolute Gasteiger partial charge is 0.345 e. The van der Waals surface area contributed by atoms with Crippen molar-refractivity contribution >= 4 is 5.91 Å².